The van der Waals surface area contributed by atoms with Gasteiger partial charge in [-0.05, 0) is 31.1 Å². The molecule has 5 nitrogen and oxygen atoms in total. The molecular formula is C22H21FN2O3S2. The van der Waals surface area contributed by atoms with Crippen LogP contribution in [0.15, 0.2) is 59.5 Å². The van der Waals surface area contributed by atoms with Crippen molar-refractivity contribution in [3.05, 3.63) is 76.4 Å². The van der Waals surface area contributed by atoms with Crippen LogP contribution >= 0.6 is 24.0 Å². The molecule has 0 aliphatic carbocycles. The fourth-order valence-corrected chi connectivity index (χ4v) is 4.46. The summed E-state index contributed by atoms with van der Waals surface area (Å²) in [5.74, 6) is -1.31. The molecule has 1 aliphatic heterocycles. The molecule has 1 fully saturated rings. The predicted molar refractivity (Wildman–Crippen MR) is 120 cm³/mol. The van der Waals surface area contributed by atoms with Crippen LogP contribution in [0.4, 0.5) is 4.39 Å². The number of nitrogens with zero attached hydrogens (tertiary/aromatic N) is 1. The molecule has 2 unspecified atom stereocenters. The molecule has 30 heavy (non-hydrogen) atoms. The smallest absolute Gasteiger partial charge is 0.266 e. The van der Waals surface area contributed by atoms with Crippen molar-refractivity contribution in [3.63, 3.8) is 0 Å². The molecule has 0 saturated carbocycles. The van der Waals surface area contributed by atoms with Crippen LogP contribution in [0.25, 0.3) is 6.08 Å². The Morgan fingerprint density at radius 1 is 1.23 bits per heavy atom. The number of nitrogens with one attached hydrogen (secondary N) is 1. The molecule has 1 aliphatic rings. The largest absolute Gasteiger partial charge is 0.394 e. The second kappa shape index (κ2) is 9.97. The van der Waals surface area contributed by atoms with Gasteiger partial charge in [-0.25, -0.2) is 4.39 Å². The van der Waals surface area contributed by atoms with E-state index in [1.54, 1.807) is 25.1 Å². The van der Waals surface area contributed by atoms with Gasteiger partial charge in [0.15, 0.2) is 0 Å². The quantitative estimate of drug-likeness (QED) is 0.507. The van der Waals surface area contributed by atoms with Crippen LogP contribution in [-0.2, 0) is 16.0 Å². The van der Waals surface area contributed by atoms with E-state index in [-0.39, 0.29) is 21.4 Å². The number of thioether (sulfide) groups is 1. The number of halogens is 1. The van der Waals surface area contributed by atoms with Gasteiger partial charge in [0.25, 0.3) is 5.91 Å². The van der Waals surface area contributed by atoms with Crippen LogP contribution in [-0.4, -0.2) is 44.8 Å². The molecular weight excluding hydrogens is 423 g/mol. The minimum absolute atomic E-state index is 0.230. The highest BCUT2D eigenvalue weighted by Gasteiger charge is 2.38. The molecule has 2 N–H and O–H groups in total. The summed E-state index contributed by atoms with van der Waals surface area (Å²) in [6, 6.07) is 14.2. The van der Waals surface area contributed by atoms with Gasteiger partial charge in [0, 0.05) is 5.56 Å². The van der Waals surface area contributed by atoms with Crippen LogP contribution in [0.2, 0.25) is 0 Å². The van der Waals surface area contributed by atoms with E-state index in [2.05, 4.69) is 5.32 Å². The van der Waals surface area contributed by atoms with Gasteiger partial charge in [0.2, 0.25) is 5.91 Å². The molecule has 0 radical (unpaired) electrons. The number of thiocarbonyl (C=S) groups is 1. The lowest BCUT2D eigenvalue weighted by Gasteiger charge is -2.25. The number of hydrogen-bond acceptors (Lipinski definition) is 5. The van der Waals surface area contributed by atoms with E-state index >= 15 is 0 Å². The fourth-order valence-electron chi connectivity index (χ4n) is 3.05. The van der Waals surface area contributed by atoms with E-state index in [1.165, 1.54) is 17.0 Å². The Labute approximate surface area is 184 Å². The van der Waals surface area contributed by atoms with E-state index < -0.39 is 29.7 Å². The van der Waals surface area contributed by atoms with E-state index in [0.717, 1.165) is 17.3 Å². The molecule has 2 aromatic rings. The topological polar surface area (TPSA) is 69.6 Å². The summed E-state index contributed by atoms with van der Waals surface area (Å²) >= 11 is 6.32. The lowest BCUT2D eigenvalue weighted by Crippen LogP contribution is -2.51. The Morgan fingerprint density at radius 3 is 2.57 bits per heavy atom. The van der Waals surface area contributed by atoms with Crippen LogP contribution < -0.4 is 5.32 Å². The first kappa shape index (κ1) is 22.1. The van der Waals surface area contributed by atoms with Crippen molar-refractivity contribution in [1.82, 2.24) is 10.2 Å². The Balaban J connectivity index is 1.70. The molecule has 3 rings (SSSR count). The standard InChI is InChI=1S/C22H21FN2O3S2/c1-14(20(27)24-17(13-26)11-15-7-3-2-4-8-15)25-21(28)19(30-22(25)29)12-16-9-5-6-10-18(16)23/h2-10,12,14,17,26H,11,13H2,1H3,(H,24,27). The fraction of sp³-hybridized carbons (Fsp3) is 0.227. The summed E-state index contributed by atoms with van der Waals surface area (Å²) in [4.78, 5) is 27.0. The van der Waals surface area contributed by atoms with E-state index in [9.17, 15) is 19.1 Å². The first-order valence-corrected chi connectivity index (χ1v) is 10.6. The van der Waals surface area contributed by atoms with Crippen LogP contribution in [0.3, 0.4) is 0 Å². The third-order valence-corrected chi connectivity index (χ3v) is 6.00. The van der Waals surface area contributed by atoms with Gasteiger partial charge in [-0.1, -0.05) is 72.5 Å². The number of carbonyl (C=O) groups excluding carboxylic acids is 2. The zero-order chi connectivity index (χ0) is 21.7. The summed E-state index contributed by atoms with van der Waals surface area (Å²) in [7, 11) is 0. The minimum atomic E-state index is -0.867. The molecule has 2 amide bonds. The van der Waals surface area contributed by atoms with Gasteiger partial charge in [-0.3, -0.25) is 14.5 Å². The Hall–Kier alpha value is -2.55. The zero-order valence-corrected chi connectivity index (χ0v) is 17.9. The van der Waals surface area contributed by atoms with Crippen molar-refractivity contribution in [1.29, 1.82) is 0 Å². The molecule has 156 valence electrons. The van der Waals surface area contributed by atoms with Crippen molar-refractivity contribution >= 4 is 46.2 Å². The molecule has 0 bridgehead atoms. The first-order chi connectivity index (χ1) is 14.4. The second-order valence-corrected chi connectivity index (χ2v) is 8.50. The first-order valence-electron chi connectivity index (χ1n) is 9.37. The van der Waals surface area contributed by atoms with E-state index in [4.69, 9.17) is 12.2 Å². The SMILES string of the molecule is CC(C(=O)NC(CO)Cc1ccccc1)N1C(=O)C(=Cc2ccccc2F)SC1=S. The molecule has 2 aromatic carbocycles. The van der Waals surface area contributed by atoms with Gasteiger partial charge in [0.05, 0.1) is 17.6 Å². The zero-order valence-electron chi connectivity index (χ0n) is 16.2. The van der Waals surface area contributed by atoms with Crippen molar-refractivity contribution in [2.45, 2.75) is 25.4 Å². The number of carbonyl (C=O) groups is 2. The summed E-state index contributed by atoms with van der Waals surface area (Å²) in [5.41, 5.74) is 1.25. The van der Waals surface area contributed by atoms with Crippen molar-refractivity contribution in [2.24, 2.45) is 0 Å². The van der Waals surface area contributed by atoms with Crippen LogP contribution in [0.1, 0.15) is 18.1 Å². The summed E-state index contributed by atoms with van der Waals surface area (Å²) < 4.78 is 14.1. The molecule has 1 saturated heterocycles. The maximum absolute atomic E-state index is 13.9. The molecule has 0 aromatic heterocycles. The number of benzene rings is 2. The molecule has 0 spiro atoms. The average molecular weight is 445 g/mol. The van der Waals surface area contributed by atoms with Gasteiger partial charge >= 0.3 is 0 Å². The minimum Gasteiger partial charge on any atom is -0.394 e. The lowest BCUT2D eigenvalue weighted by molar-refractivity contribution is -0.132. The van der Waals surface area contributed by atoms with Crippen LogP contribution in [0, 0.1) is 5.82 Å². The number of amides is 2. The maximum atomic E-state index is 13.9. The highest BCUT2D eigenvalue weighted by Crippen LogP contribution is 2.34. The maximum Gasteiger partial charge on any atom is 0.266 e. The molecule has 2 atom stereocenters. The highest BCUT2D eigenvalue weighted by molar-refractivity contribution is 8.26. The summed E-state index contributed by atoms with van der Waals surface area (Å²) in [6.45, 7) is 1.34. The summed E-state index contributed by atoms with van der Waals surface area (Å²) in [5, 5.41) is 12.4. The van der Waals surface area contributed by atoms with Gasteiger partial charge in [0.1, 0.15) is 16.2 Å². The van der Waals surface area contributed by atoms with Gasteiger partial charge < -0.3 is 10.4 Å². The van der Waals surface area contributed by atoms with Gasteiger partial charge in [-0.15, -0.1) is 0 Å². The molecule has 1 heterocycles. The number of hydrogen-bond donors (Lipinski definition) is 2. The number of aliphatic hydroxyl groups excluding tert-OH is 1. The number of aliphatic hydroxyl groups is 1. The number of rotatable bonds is 7. The lowest BCUT2D eigenvalue weighted by atomic mass is 10.1. The van der Waals surface area contributed by atoms with Crippen LogP contribution in [0.5, 0.6) is 0 Å². The normalized spacial score (nSPS) is 17.3. The Bertz CT molecular complexity index is 981. The Morgan fingerprint density at radius 2 is 1.90 bits per heavy atom. The third kappa shape index (κ3) is 5.13. The Kier molecular flexibility index (Phi) is 7.36. The third-order valence-electron chi connectivity index (χ3n) is 4.67. The second-order valence-electron chi connectivity index (χ2n) is 6.83. The average Bonchev–Trinajstić information content (AvgIpc) is 3.02. The molecule has 8 heteroatoms. The predicted octanol–water partition coefficient (Wildman–Crippen LogP) is 3.14. The van der Waals surface area contributed by atoms with Gasteiger partial charge in [-0.2, -0.15) is 0 Å². The highest BCUT2D eigenvalue weighted by atomic mass is 32.2. The van der Waals surface area contributed by atoms with Crippen molar-refractivity contribution in [2.75, 3.05) is 6.61 Å². The summed E-state index contributed by atoms with van der Waals surface area (Å²) in [6.07, 6.45) is 1.90. The van der Waals surface area contributed by atoms with Crippen molar-refractivity contribution in [3.8, 4) is 0 Å². The van der Waals surface area contributed by atoms with E-state index in [1.807, 2.05) is 30.3 Å². The van der Waals surface area contributed by atoms with E-state index in [0.29, 0.717) is 6.42 Å². The monoisotopic (exact) mass is 444 g/mol. The van der Waals surface area contributed by atoms with Crippen molar-refractivity contribution < 1.29 is 19.1 Å².